The summed E-state index contributed by atoms with van der Waals surface area (Å²) in [6.07, 6.45) is 1.52. The van der Waals surface area contributed by atoms with Crippen molar-refractivity contribution < 1.29 is 4.79 Å². The minimum Gasteiger partial charge on any atom is -0.384 e. The molecule has 0 aliphatic rings. The van der Waals surface area contributed by atoms with E-state index < -0.39 is 0 Å². The second kappa shape index (κ2) is 7.75. The van der Waals surface area contributed by atoms with E-state index in [4.69, 9.17) is 0 Å². The van der Waals surface area contributed by atoms with E-state index in [1.807, 2.05) is 12.1 Å². The Hall–Kier alpha value is -1.51. The number of hydrogen-bond donors (Lipinski definition) is 2. The van der Waals surface area contributed by atoms with Crippen molar-refractivity contribution in [2.45, 2.75) is 33.6 Å². The summed E-state index contributed by atoms with van der Waals surface area (Å²) in [5, 5.41) is 6.24. The van der Waals surface area contributed by atoms with Crippen molar-refractivity contribution >= 4 is 11.6 Å². The van der Waals surface area contributed by atoms with Gasteiger partial charge >= 0.3 is 0 Å². The lowest BCUT2D eigenvalue weighted by Crippen LogP contribution is -2.28. The Labute approximate surface area is 110 Å². The van der Waals surface area contributed by atoms with Gasteiger partial charge in [0.1, 0.15) is 0 Å². The van der Waals surface area contributed by atoms with Gasteiger partial charge in [-0.25, -0.2) is 0 Å². The van der Waals surface area contributed by atoms with Crippen LogP contribution in [0.15, 0.2) is 24.3 Å². The molecule has 0 heterocycles. The van der Waals surface area contributed by atoms with Crippen LogP contribution in [0.2, 0.25) is 0 Å². The third-order valence-electron chi connectivity index (χ3n) is 2.77. The lowest BCUT2D eigenvalue weighted by atomic mass is 10.1. The van der Waals surface area contributed by atoms with Gasteiger partial charge in [0, 0.05) is 25.2 Å². The van der Waals surface area contributed by atoms with Crippen molar-refractivity contribution in [3.63, 3.8) is 0 Å². The molecule has 1 rings (SSSR count). The molecule has 0 fully saturated rings. The molecule has 0 spiro atoms. The largest absolute Gasteiger partial charge is 0.384 e. The Kier molecular flexibility index (Phi) is 6.26. The first-order chi connectivity index (χ1) is 8.63. The summed E-state index contributed by atoms with van der Waals surface area (Å²) in [5.41, 5.74) is 2.43. The molecule has 0 aliphatic heterocycles. The monoisotopic (exact) mass is 248 g/mol. The summed E-state index contributed by atoms with van der Waals surface area (Å²) in [6, 6.07) is 8.23. The lowest BCUT2D eigenvalue weighted by Gasteiger charge is -2.11. The van der Waals surface area contributed by atoms with Crippen molar-refractivity contribution in [3.8, 4) is 0 Å². The average Bonchev–Trinajstić information content (AvgIpc) is 2.37. The summed E-state index contributed by atoms with van der Waals surface area (Å²) >= 11 is 0. The highest BCUT2D eigenvalue weighted by molar-refractivity contribution is 5.76. The van der Waals surface area contributed by atoms with Crippen LogP contribution in [0.5, 0.6) is 0 Å². The molecular formula is C15H24N2O. The maximum absolute atomic E-state index is 11.5. The summed E-state index contributed by atoms with van der Waals surface area (Å²) < 4.78 is 0. The molecule has 0 saturated carbocycles. The first kappa shape index (κ1) is 14.6. The zero-order chi connectivity index (χ0) is 13.4. The van der Waals surface area contributed by atoms with Crippen LogP contribution < -0.4 is 10.6 Å². The first-order valence-corrected chi connectivity index (χ1v) is 6.72. The highest BCUT2D eigenvalue weighted by Crippen LogP contribution is 2.14. The second-order valence-electron chi connectivity index (χ2n) is 4.89. The first-order valence-electron chi connectivity index (χ1n) is 6.72. The number of para-hydroxylation sites is 1. The number of hydrogen-bond acceptors (Lipinski definition) is 2. The van der Waals surface area contributed by atoms with Crippen molar-refractivity contribution in [1.82, 2.24) is 5.32 Å². The van der Waals surface area contributed by atoms with Gasteiger partial charge in [-0.2, -0.15) is 0 Å². The summed E-state index contributed by atoms with van der Waals surface area (Å²) in [5.74, 6) is 0.618. The van der Waals surface area contributed by atoms with Crippen molar-refractivity contribution in [2.75, 3.05) is 18.4 Å². The van der Waals surface area contributed by atoms with E-state index in [2.05, 4.69) is 43.5 Å². The van der Waals surface area contributed by atoms with Gasteiger partial charge in [0.05, 0.1) is 0 Å². The van der Waals surface area contributed by atoms with Crippen LogP contribution in [0.3, 0.4) is 0 Å². The lowest BCUT2D eigenvalue weighted by molar-refractivity contribution is -0.120. The number of nitrogens with one attached hydrogen (secondary N) is 2. The summed E-state index contributed by atoms with van der Waals surface area (Å²) in [4.78, 5) is 11.5. The molecule has 2 N–H and O–H groups in total. The average molecular weight is 248 g/mol. The van der Waals surface area contributed by atoms with Crippen molar-refractivity contribution in [2.24, 2.45) is 5.92 Å². The molecule has 0 unspecified atom stereocenters. The maximum Gasteiger partial charge on any atom is 0.221 e. The SMILES string of the molecule is CCc1ccccc1NCCC(=O)NCC(C)C. The van der Waals surface area contributed by atoms with Crippen molar-refractivity contribution in [3.05, 3.63) is 29.8 Å². The molecule has 3 nitrogen and oxygen atoms in total. The summed E-state index contributed by atoms with van der Waals surface area (Å²) in [6.45, 7) is 7.76. The van der Waals surface area contributed by atoms with E-state index >= 15 is 0 Å². The molecule has 1 aromatic rings. The van der Waals surface area contributed by atoms with Gasteiger partial charge < -0.3 is 10.6 Å². The molecule has 0 aromatic heterocycles. The van der Waals surface area contributed by atoms with E-state index in [0.717, 1.165) is 18.7 Å². The van der Waals surface area contributed by atoms with Gasteiger partial charge in [0.15, 0.2) is 0 Å². The van der Waals surface area contributed by atoms with Crippen LogP contribution >= 0.6 is 0 Å². The Morgan fingerprint density at radius 2 is 2.00 bits per heavy atom. The Morgan fingerprint density at radius 1 is 1.28 bits per heavy atom. The number of anilines is 1. The Bertz CT molecular complexity index is 375. The number of carbonyl (C=O) groups excluding carboxylic acids is 1. The second-order valence-corrected chi connectivity index (χ2v) is 4.89. The topological polar surface area (TPSA) is 41.1 Å². The highest BCUT2D eigenvalue weighted by Gasteiger charge is 2.03. The fraction of sp³-hybridized carbons (Fsp3) is 0.533. The van der Waals surface area contributed by atoms with Crippen molar-refractivity contribution in [1.29, 1.82) is 0 Å². The molecule has 3 heteroatoms. The standard InChI is InChI=1S/C15H24N2O/c1-4-13-7-5-6-8-14(13)16-10-9-15(18)17-11-12(2)3/h5-8,12,16H,4,9-11H2,1-3H3,(H,17,18). The molecule has 18 heavy (non-hydrogen) atoms. The number of benzene rings is 1. The number of rotatable bonds is 7. The molecule has 0 saturated heterocycles. The van der Waals surface area contributed by atoms with Gasteiger partial charge in [0.2, 0.25) is 5.91 Å². The van der Waals surface area contributed by atoms with Gasteiger partial charge in [0.25, 0.3) is 0 Å². The Morgan fingerprint density at radius 3 is 2.67 bits per heavy atom. The summed E-state index contributed by atoms with van der Waals surface area (Å²) in [7, 11) is 0. The van der Waals surface area contributed by atoms with Crippen LogP contribution in [0, 0.1) is 5.92 Å². The van der Waals surface area contributed by atoms with E-state index in [-0.39, 0.29) is 5.91 Å². The molecule has 0 atom stereocenters. The molecule has 1 aromatic carbocycles. The third-order valence-corrected chi connectivity index (χ3v) is 2.77. The highest BCUT2D eigenvalue weighted by atomic mass is 16.1. The minimum atomic E-state index is 0.116. The predicted molar refractivity (Wildman–Crippen MR) is 76.8 cm³/mol. The van der Waals surface area contributed by atoms with Crippen LogP contribution in [0.4, 0.5) is 5.69 Å². The number of carbonyl (C=O) groups is 1. The van der Waals surface area contributed by atoms with Gasteiger partial charge in [-0.15, -0.1) is 0 Å². The molecular weight excluding hydrogens is 224 g/mol. The van der Waals surface area contributed by atoms with Crippen LogP contribution in [-0.4, -0.2) is 19.0 Å². The molecule has 0 aliphatic carbocycles. The smallest absolute Gasteiger partial charge is 0.221 e. The van der Waals surface area contributed by atoms with Gasteiger partial charge in [-0.05, 0) is 24.0 Å². The van der Waals surface area contributed by atoms with E-state index in [9.17, 15) is 4.79 Å². The fourth-order valence-electron chi connectivity index (χ4n) is 1.72. The van der Waals surface area contributed by atoms with Crippen LogP contribution in [0.1, 0.15) is 32.8 Å². The molecule has 0 bridgehead atoms. The number of aryl methyl sites for hydroxylation is 1. The normalized spacial score (nSPS) is 10.4. The molecule has 0 radical (unpaired) electrons. The van der Waals surface area contributed by atoms with Crippen LogP contribution in [0.25, 0.3) is 0 Å². The van der Waals surface area contributed by atoms with Gasteiger partial charge in [-0.1, -0.05) is 39.0 Å². The van der Waals surface area contributed by atoms with E-state index in [0.29, 0.717) is 18.9 Å². The van der Waals surface area contributed by atoms with Crippen LogP contribution in [-0.2, 0) is 11.2 Å². The van der Waals surface area contributed by atoms with E-state index in [1.165, 1.54) is 5.56 Å². The quantitative estimate of drug-likeness (QED) is 0.779. The third kappa shape index (κ3) is 5.21. The zero-order valence-electron chi connectivity index (χ0n) is 11.6. The van der Waals surface area contributed by atoms with Gasteiger partial charge in [-0.3, -0.25) is 4.79 Å². The number of amides is 1. The molecule has 100 valence electrons. The van der Waals surface area contributed by atoms with E-state index in [1.54, 1.807) is 0 Å². The molecule has 1 amide bonds. The Balaban J connectivity index is 2.31. The fourth-order valence-corrected chi connectivity index (χ4v) is 1.72. The maximum atomic E-state index is 11.5. The predicted octanol–water partition coefficient (Wildman–Crippen LogP) is 2.82. The zero-order valence-corrected chi connectivity index (χ0v) is 11.6. The minimum absolute atomic E-state index is 0.116.